The Kier molecular flexibility index (Phi) is 4.37. The maximum atomic E-state index is 12.3. The Morgan fingerprint density at radius 1 is 1.33 bits per heavy atom. The van der Waals surface area contributed by atoms with Gasteiger partial charge in [0, 0.05) is 29.1 Å². The Labute approximate surface area is 129 Å². The van der Waals surface area contributed by atoms with Gasteiger partial charge in [0.15, 0.2) is 0 Å². The molecule has 1 aromatic carbocycles. The molecule has 0 saturated heterocycles. The first-order valence-electron chi connectivity index (χ1n) is 6.84. The number of aliphatic carboxylic acids is 1. The van der Waals surface area contributed by atoms with Crippen molar-refractivity contribution in [1.29, 1.82) is 0 Å². The van der Waals surface area contributed by atoms with Crippen LogP contribution in [0.15, 0.2) is 35.5 Å². The van der Waals surface area contributed by atoms with Crippen LogP contribution in [0.25, 0.3) is 0 Å². The van der Waals surface area contributed by atoms with Crippen LogP contribution in [0.3, 0.4) is 0 Å². The van der Waals surface area contributed by atoms with Crippen molar-refractivity contribution in [2.75, 3.05) is 0 Å². The minimum absolute atomic E-state index is 0.0487. The fourth-order valence-electron chi connectivity index (χ4n) is 2.90. The first-order valence-corrected chi connectivity index (χ1v) is 7.22. The molecule has 4 nitrogen and oxygen atoms in total. The van der Waals surface area contributed by atoms with Gasteiger partial charge in [-0.05, 0) is 38.5 Å². The third kappa shape index (κ3) is 2.95. The predicted octanol–water partition coefficient (Wildman–Crippen LogP) is 3.42. The maximum absolute atomic E-state index is 12.3. The van der Waals surface area contributed by atoms with Crippen LogP contribution in [0, 0.1) is 0 Å². The second-order valence-electron chi connectivity index (χ2n) is 5.47. The van der Waals surface area contributed by atoms with Gasteiger partial charge in [0.2, 0.25) is 5.91 Å². The summed E-state index contributed by atoms with van der Waals surface area (Å²) in [5, 5.41) is 10.1. The van der Waals surface area contributed by atoms with E-state index in [-0.39, 0.29) is 23.9 Å². The van der Waals surface area contributed by atoms with Gasteiger partial charge in [0.05, 0.1) is 5.57 Å². The number of hydrogen-bond acceptors (Lipinski definition) is 2. The van der Waals surface area contributed by atoms with Gasteiger partial charge in [-0.25, -0.2) is 4.79 Å². The number of amides is 1. The van der Waals surface area contributed by atoms with E-state index in [1.54, 1.807) is 36.1 Å². The van der Waals surface area contributed by atoms with Gasteiger partial charge in [-0.3, -0.25) is 4.79 Å². The van der Waals surface area contributed by atoms with Crippen LogP contribution >= 0.6 is 11.6 Å². The highest BCUT2D eigenvalue weighted by molar-refractivity contribution is 6.30. The maximum Gasteiger partial charge on any atom is 0.333 e. The van der Waals surface area contributed by atoms with Crippen molar-refractivity contribution in [1.82, 2.24) is 4.90 Å². The average molecular weight is 308 g/mol. The standard InChI is InChI=1S/C16H18ClNO3/c1-9(2)18-10(3)15(16(20)21)13(8-14(18)19)11-4-6-12(17)7-5-11/h4-7,9,13H,8H2,1-3H3,(H,20,21). The summed E-state index contributed by atoms with van der Waals surface area (Å²) in [5.41, 5.74) is 1.60. The third-order valence-electron chi connectivity index (χ3n) is 3.77. The topological polar surface area (TPSA) is 57.6 Å². The fourth-order valence-corrected chi connectivity index (χ4v) is 3.03. The van der Waals surface area contributed by atoms with Gasteiger partial charge >= 0.3 is 5.97 Å². The Hall–Kier alpha value is -1.81. The fraction of sp³-hybridized carbons (Fsp3) is 0.375. The SMILES string of the molecule is CC1=C(C(=O)O)C(c2ccc(Cl)cc2)CC(=O)N1C(C)C. The molecule has 1 N–H and O–H groups in total. The molecule has 1 atom stereocenters. The normalized spacial score (nSPS) is 19.4. The lowest BCUT2D eigenvalue weighted by Gasteiger charge is -2.36. The summed E-state index contributed by atoms with van der Waals surface area (Å²) in [7, 11) is 0. The van der Waals surface area contributed by atoms with Crippen LogP contribution in [0.1, 0.15) is 38.7 Å². The zero-order chi connectivity index (χ0) is 15.7. The average Bonchev–Trinajstić information content (AvgIpc) is 2.37. The van der Waals surface area contributed by atoms with Gasteiger partial charge < -0.3 is 10.0 Å². The van der Waals surface area contributed by atoms with Crippen molar-refractivity contribution in [2.45, 2.75) is 39.2 Å². The molecule has 1 amide bonds. The third-order valence-corrected chi connectivity index (χ3v) is 4.02. The molecule has 0 bridgehead atoms. The van der Waals surface area contributed by atoms with Crippen molar-refractivity contribution in [3.8, 4) is 0 Å². The molecule has 21 heavy (non-hydrogen) atoms. The zero-order valence-electron chi connectivity index (χ0n) is 12.3. The van der Waals surface area contributed by atoms with Gasteiger partial charge in [-0.15, -0.1) is 0 Å². The Balaban J connectivity index is 2.53. The molecule has 0 spiro atoms. The second kappa shape index (κ2) is 5.90. The van der Waals surface area contributed by atoms with Crippen molar-refractivity contribution < 1.29 is 14.7 Å². The molecule has 1 aliphatic heterocycles. The van der Waals surface area contributed by atoms with Crippen LogP contribution < -0.4 is 0 Å². The Morgan fingerprint density at radius 3 is 2.38 bits per heavy atom. The number of allylic oxidation sites excluding steroid dienone is 1. The largest absolute Gasteiger partial charge is 0.478 e. The molecule has 1 unspecified atom stereocenters. The van der Waals surface area contributed by atoms with Crippen LogP contribution in [-0.2, 0) is 9.59 Å². The molecule has 0 aromatic heterocycles. The molecule has 0 aliphatic carbocycles. The second-order valence-corrected chi connectivity index (χ2v) is 5.91. The van der Waals surface area contributed by atoms with E-state index in [2.05, 4.69) is 0 Å². The van der Waals surface area contributed by atoms with E-state index in [1.165, 1.54) is 0 Å². The lowest BCUT2D eigenvalue weighted by atomic mass is 9.83. The molecule has 2 rings (SSSR count). The number of carbonyl (C=O) groups is 2. The van der Waals surface area contributed by atoms with E-state index in [0.717, 1.165) is 5.56 Å². The van der Waals surface area contributed by atoms with Gasteiger partial charge in [-0.2, -0.15) is 0 Å². The zero-order valence-corrected chi connectivity index (χ0v) is 13.0. The summed E-state index contributed by atoms with van der Waals surface area (Å²) in [4.78, 5) is 25.6. The van der Waals surface area contributed by atoms with Crippen LogP contribution in [0.2, 0.25) is 5.02 Å². The van der Waals surface area contributed by atoms with Crippen molar-refractivity contribution >= 4 is 23.5 Å². The highest BCUT2D eigenvalue weighted by Crippen LogP contribution is 2.37. The molecule has 1 aromatic rings. The summed E-state index contributed by atoms with van der Waals surface area (Å²) in [6.45, 7) is 5.45. The van der Waals surface area contributed by atoms with Crippen LogP contribution in [0.4, 0.5) is 0 Å². The molecule has 5 heteroatoms. The van der Waals surface area contributed by atoms with Crippen molar-refractivity contribution in [3.05, 3.63) is 46.1 Å². The molecule has 112 valence electrons. The summed E-state index contributed by atoms with van der Waals surface area (Å²) in [5.74, 6) is -1.46. The summed E-state index contributed by atoms with van der Waals surface area (Å²) >= 11 is 5.87. The molecule has 1 aliphatic rings. The summed E-state index contributed by atoms with van der Waals surface area (Å²) < 4.78 is 0. The smallest absolute Gasteiger partial charge is 0.333 e. The van der Waals surface area contributed by atoms with E-state index >= 15 is 0 Å². The number of rotatable bonds is 3. The molecule has 0 radical (unpaired) electrons. The highest BCUT2D eigenvalue weighted by Gasteiger charge is 2.36. The van der Waals surface area contributed by atoms with Gasteiger partial charge in [-0.1, -0.05) is 23.7 Å². The van der Waals surface area contributed by atoms with E-state index in [0.29, 0.717) is 10.7 Å². The minimum Gasteiger partial charge on any atom is -0.478 e. The number of nitrogens with zero attached hydrogens (tertiary/aromatic N) is 1. The summed E-state index contributed by atoms with van der Waals surface area (Å²) in [6.07, 6.45) is 0.165. The van der Waals surface area contributed by atoms with E-state index < -0.39 is 11.9 Å². The van der Waals surface area contributed by atoms with Crippen molar-refractivity contribution in [2.24, 2.45) is 0 Å². The Bertz CT molecular complexity index is 604. The molecular weight excluding hydrogens is 290 g/mol. The summed E-state index contributed by atoms with van der Waals surface area (Å²) in [6, 6.07) is 6.93. The highest BCUT2D eigenvalue weighted by atomic mass is 35.5. The number of benzene rings is 1. The Morgan fingerprint density at radius 2 is 1.90 bits per heavy atom. The van der Waals surface area contributed by atoms with E-state index in [1.807, 2.05) is 13.8 Å². The minimum atomic E-state index is -0.981. The first-order chi connectivity index (χ1) is 9.82. The number of carboxylic acids is 1. The number of hydrogen-bond donors (Lipinski definition) is 1. The van der Waals surface area contributed by atoms with E-state index in [4.69, 9.17) is 11.6 Å². The predicted molar refractivity (Wildman–Crippen MR) is 81.1 cm³/mol. The van der Waals surface area contributed by atoms with Crippen molar-refractivity contribution in [3.63, 3.8) is 0 Å². The van der Waals surface area contributed by atoms with Crippen LogP contribution in [-0.4, -0.2) is 27.9 Å². The first kappa shape index (κ1) is 15.6. The number of halogens is 1. The monoisotopic (exact) mass is 307 g/mol. The lowest BCUT2D eigenvalue weighted by Crippen LogP contribution is -2.41. The quantitative estimate of drug-likeness (QED) is 0.931. The lowest BCUT2D eigenvalue weighted by molar-refractivity contribution is -0.135. The van der Waals surface area contributed by atoms with Gasteiger partial charge in [0.1, 0.15) is 0 Å². The molecule has 0 saturated carbocycles. The van der Waals surface area contributed by atoms with Crippen LogP contribution in [0.5, 0.6) is 0 Å². The van der Waals surface area contributed by atoms with E-state index in [9.17, 15) is 14.7 Å². The molecule has 1 heterocycles. The molecule has 0 fully saturated rings. The number of carbonyl (C=O) groups excluding carboxylic acids is 1. The molecular formula is C16H18ClNO3. The van der Waals surface area contributed by atoms with Gasteiger partial charge in [0.25, 0.3) is 0 Å². The number of carboxylic acid groups (broad SMARTS) is 1.